The molecule has 160 valence electrons. The van der Waals surface area contributed by atoms with Crippen molar-refractivity contribution in [3.8, 4) is 0 Å². The summed E-state index contributed by atoms with van der Waals surface area (Å²) in [5.41, 5.74) is -0.892. The number of carboxylic acids is 1. The fourth-order valence-electron chi connectivity index (χ4n) is 3.13. The SMILES string of the molecule is Cc1ccc(NS(=O)(=O)c2ccc(N3CC(C(=O)O)CC3=O)cc2)cc1C(F)(F)F. The molecule has 2 aromatic rings. The fourth-order valence-corrected chi connectivity index (χ4v) is 4.18. The van der Waals surface area contributed by atoms with Crippen molar-refractivity contribution in [3.05, 3.63) is 53.6 Å². The van der Waals surface area contributed by atoms with Gasteiger partial charge < -0.3 is 10.0 Å². The maximum absolute atomic E-state index is 13.0. The molecule has 1 aliphatic rings. The molecule has 0 spiro atoms. The zero-order valence-electron chi connectivity index (χ0n) is 15.6. The summed E-state index contributed by atoms with van der Waals surface area (Å²) in [6.45, 7) is 1.25. The van der Waals surface area contributed by atoms with Gasteiger partial charge >= 0.3 is 12.1 Å². The molecular weight excluding hydrogens is 425 g/mol. The molecule has 11 heteroatoms. The molecule has 1 aliphatic heterocycles. The zero-order valence-corrected chi connectivity index (χ0v) is 16.4. The van der Waals surface area contributed by atoms with Crippen molar-refractivity contribution in [2.75, 3.05) is 16.2 Å². The van der Waals surface area contributed by atoms with Crippen molar-refractivity contribution in [2.45, 2.75) is 24.4 Å². The van der Waals surface area contributed by atoms with Crippen LogP contribution in [0.1, 0.15) is 17.5 Å². The Balaban J connectivity index is 1.81. The topological polar surface area (TPSA) is 104 Å². The van der Waals surface area contributed by atoms with Gasteiger partial charge in [0, 0.05) is 24.3 Å². The highest BCUT2D eigenvalue weighted by Gasteiger charge is 2.35. The molecule has 1 saturated heterocycles. The lowest BCUT2D eigenvalue weighted by atomic mass is 10.1. The average Bonchev–Trinajstić information content (AvgIpc) is 3.04. The number of rotatable bonds is 5. The van der Waals surface area contributed by atoms with Crippen LogP contribution in [0.5, 0.6) is 0 Å². The van der Waals surface area contributed by atoms with E-state index in [1.54, 1.807) is 0 Å². The van der Waals surface area contributed by atoms with Crippen LogP contribution in [-0.2, 0) is 25.8 Å². The number of carboxylic acid groups (broad SMARTS) is 1. The number of amides is 1. The van der Waals surface area contributed by atoms with Gasteiger partial charge in [-0.25, -0.2) is 8.42 Å². The number of sulfonamides is 1. The molecule has 7 nitrogen and oxygen atoms in total. The van der Waals surface area contributed by atoms with Crippen LogP contribution in [0.3, 0.4) is 0 Å². The number of carbonyl (C=O) groups is 2. The van der Waals surface area contributed by atoms with Crippen molar-refractivity contribution < 1.29 is 36.3 Å². The van der Waals surface area contributed by atoms with Crippen molar-refractivity contribution in [2.24, 2.45) is 5.92 Å². The summed E-state index contributed by atoms with van der Waals surface area (Å²) in [5.74, 6) is -2.33. The highest BCUT2D eigenvalue weighted by molar-refractivity contribution is 7.92. The fraction of sp³-hybridized carbons (Fsp3) is 0.263. The summed E-state index contributed by atoms with van der Waals surface area (Å²) >= 11 is 0. The van der Waals surface area contributed by atoms with E-state index < -0.39 is 39.6 Å². The van der Waals surface area contributed by atoms with E-state index in [1.807, 2.05) is 0 Å². The standard InChI is InChI=1S/C19H17F3N2O5S/c1-11-2-3-13(9-16(11)19(20,21)22)23-30(28,29)15-6-4-14(5-7-15)24-10-12(18(26)27)8-17(24)25/h2-7,9,12,23H,8,10H2,1H3,(H,26,27). The largest absolute Gasteiger partial charge is 0.481 e. The molecule has 0 aromatic heterocycles. The van der Waals surface area contributed by atoms with E-state index in [2.05, 4.69) is 4.72 Å². The molecule has 0 bridgehead atoms. The van der Waals surface area contributed by atoms with Crippen molar-refractivity contribution in [3.63, 3.8) is 0 Å². The number of anilines is 2. The van der Waals surface area contributed by atoms with Crippen molar-refractivity contribution >= 4 is 33.3 Å². The van der Waals surface area contributed by atoms with Crippen LogP contribution < -0.4 is 9.62 Å². The minimum Gasteiger partial charge on any atom is -0.481 e. The first-order chi connectivity index (χ1) is 13.9. The third kappa shape index (κ3) is 4.40. The van der Waals surface area contributed by atoms with E-state index in [-0.39, 0.29) is 29.1 Å². The molecule has 1 fully saturated rings. The van der Waals surface area contributed by atoms with Gasteiger partial charge in [0.2, 0.25) is 5.91 Å². The first-order valence-electron chi connectivity index (χ1n) is 8.72. The first-order valence-corrected chi connectivity index (χ1v) is 10.2. The van der Waals surface area contributed by atoms with Crippen LogP contribution in [0.25, 0.3) is 0 Å². The van der Waals surface area contributed by atoms with Crippen LogP contribution in [0.4, 0.5) is 24.5 Å². The highest BCUT2D eigenvalue weighted by Crippen LogP contribution is 2.34. The second-order valence-corrected chi connectivity index (χ2v) is 8.55. The molecule has 0 saturated carbocycles. The Kier molecular flexibility index (Phi) is 5.50. The average molecular weight is 442 g/mol. The van der Waals surface area contributed by atoms with E-state index in [0.29, 0.717) is 5.69 Å². The smallest absolute Gasteiger partial charge is 0.416 e. The van der Waals surface area contributed by atoms with Gasteiger partial charge in [0.05, 0.1) is 16.4 Å². The molecule has 1 unspecified atom stereocenters. The minimum absolute atomic E-state index is 0.0257. The summed E-state index contributed by atoms with van der Waals surface area (Å²) in [6, 6.07) is 8.18. The summed E-state index contributed by atoms with van der Waals surface area (Å²) in [4.78, 5) is 24.1. The number of hydrogen-bond donors (Lipinski definition) is 2. The molecule has 0 radical (unpaired) electrons. The monoisotopic (exact) mass is 442 g/mol. The highest BCUT2D eigenvalue weighted by atomic mass is 32.2. The second kappa shape index (κ2) is 7.63. The van der Waals surface area contributed by atoms with Gasteiger partial charge in [-0.05, 0) is 48.9 Å². The summed E-state index contributed by atoms with van der Waals surface area (Å²) < 4.78 is 66.3. The number of hydrogen-bond acceptors (Lipinski definition) is 4. The lowest BCUT2D eigenvalue weighted by molar-refractivity contribution is -0.141. The Bertz CT molecular complexity index is 1100. The Morgan fingerprint density at radius 2 is 1.80 bits per heavy atom. The lowest BCUT2D eigenvalue weighted by Gasteiger charge is -2.17. The maximum Gasteiger partial charge on any atom is 0.416 e. The Labute approximate surface area is 170 Å². The molecule has 1 heterocycles. The number of carbonyl (C=O) groups excluding carboxylic acids is 1. The molecule has 1 atom stereocenters. The van der Waals surface area contributed by atoms with Crippen molar-refractivity contribution in [1.29, 1.82) is 0 Å². The lowest BCUT2D eigenvalue weighted by Crippen LogP contribution is -2.25. The van der Waals surface area contributed by atoms with Crippen LogP contribution in [-0.4, -0.2) is 31.9 Å². The van der Waals surface area contributed by atoms with E-state index in [4.69, 9.17) is 5.11 Å². The number of nitrogens with one attached hydrogen (secondary N) is 1. The molecular formula is C19H17F3N2O5S. The predicted octanol–water partition coefficient (Wildman–Crippen LogP) is 3.25. The van der Waals surface area contributed by atoms with Gasteiger partial charge in [-0.1, -0.05) is 6.07 Å². The number of aliphatic carboxylic acids is 1. The third-order valence-electron chi connectivity index (χ3n) is 4.73. The number of nitrogens with zero attached hydrogens (tertiary/aromatic N) is 1. The first kappa shape index (κ1) is 21.6. The molecule has 2 N–H and O–H groups in total. The van der Waals surface area contributed by atoms with Gasteiger partial charge in [0.25, 0.3) is 10.0 Å². The zero-order chi connectivity index (χ0) is 22.3. The molecule has 0 aliphatic carbocycles. The van der Waals surface area contributed by atoms with E-state index >= 15 is 0 Å². The molecule has 2 aromatic carbocycles. The Morgan fingerprint density at radius 1 is 1.17 bits per heavy atom. The normalized spacial score (nSPS) is 17.3. The summed E-state index contributed by atoms with van der Waals surface area (Å²) in [6.07, 6.45) is -4.77. The molecule has 1 amide bonds. The van der Waals surface area contributed by atoms with Gasteiger partial charge in [-0.2, -0.15) is 13.2 Å². The number of alkyl halides is 3. The van der Waals surface area contributed by atoms with Crippen molar-refractivity contribution in [1.82, 2.24) is 0 Å². The van der Waals surface area contributed by atoms with Gasteiger partial charge in [-0.15, -0.1) is 0 Å². The van der Waals surface area contributed by atoms with Gasteiger partial charge in [0.15, 0.2) is 0 Å². The Hall–Kier alpha value is -3.08. The summed E-state index contributed by atoms with van der Waals surface area (Å²) in [5, 5.41) is 9.04. The van der Waals surface area contributed by atoms with Gasteiger partial charge in [-0.3, -0.25) is 14.3 Å². The van der Waals surface area contributed by atoms with Crippen LogP contribution >= 0.6 is 0 Å². The minimum atomic E-state index is -4.62. The Morgan fingerprint density at radius 3 is 2.33 bits per heavy atom. The van der Waals surface area contributed by atoms with Gasteiger partial charge in [0.1, 0.15) is 0 Å². The van der Waals surface area contributed by atoms with Crippen LogP contribution in [0, 0.1) is 12.8 Å². The van der Waals surface area contributed by atoms with E-state index in [9.17, 15) is 31.2 Å². The van der Waals surface area contributed by atoms with Crippen LogP contribution in [0.15, 0.2) is 47.4 Å². The molecule has 3 rings (SSSR count). The summed E-state index contributed by atoms with van der Waals surface area (Å²) in [7, 11) is -4.18. The number of benzene rings is 2. The predicted molar refractivity (Wildman–Crippen MR) is 102 cm³/mol. The van der Waals surface area contributed by atoms with E-state index in [1.165, 1.54) is 48.2 Å². The third-order valence-corrected chi connectivity index (χ3v) is 6.13. The number of aryl methyl sites for hydroxylation is 1. The molecule has 30 heavy (non-hydrogen) atoms. The second-order valence-electron chi connectivity index (χ2n) is 6.87. The quantitative estimate of drug-likeness (QED) is 0.740. The maximum atomic E-state index is 13.0. The van der Waals surface area contributed by atoms with Crippen LogP contribution in [0.2, 0.25) is 0 Å². The van der Waals surface area contributed by atoms with E-state index in [0.717, 1.165) is 6.07 Å². The number of halogens is 3.